The average molecular weight is 377 g/mol. The molecule has 7 nitrogen and oxygen atoms in total. The molecule has 0 amide bonds. The van der Waals surface area contributed by atoms with Crippen LogP contribution in [0.2, 0.25) is 0 Å². The van der Waals surface area contributed by atoms with Crippen molar-refractivity contribution in [3.8, 4) is 11.5 Å². The summed E-state index contributed by atoms with van der Waals surface area (Å²) < 4.78 is 16.1. The van der Waals surface area contributed by atoms with E-state index in [-0.39, 0.29) is 6.61 Å². The van der Waals surface area contributed by atoms with E-state index in [1.165, 1.54) is 0 Å². The fraction of sp³-hybridized carbons (Fsp3) is 0.550. The van der Waals surface area contributed by atoms with Crippen molar-refractivity contribution in [1.29, 1.82) is 0 Å². The van der Waals surface area contributed by atoms with Crippen LogP contribution in [0.25, 0.3) is 0 Å². The van der Waals surface area contributed by atoms with Crippen LogP contribution < -0.4 is 9.47 Å². The van der Waals surface area contributed by atoms with E-state index < -0.39 is 6.10 Å². The number of rotatable bonds is 12. The van der Waals surface area contributed by atoms with E-state index in [2.05, 4.69) is 28.8 Å². The highest BCUT2D eigenvalue weighted by molar-refractivity contribution is 5.43. The minimum absolute atomic E-state index is 0.227. The first-order valence-corrected chi connectivity index (χ1v) is 9.33. The Hall–Kier alpha value is -2.09. The lowest BCUT2D eigenvalue weighted by Crippen LogP contribution is -2.35. The number of benzene rings is 1. The molecule has 1 atom stereocenters. The molecule has 1 N–H and O–H groups in total. The van der Waals surface area contributed by atoms with E-state index in [0.29, 0.717) is 24.6 Å². The van der Waals surface area contributed by atoms with Gasteiger partial charge in [0, 0.05) is 25.7 Å². The second-order valence-electron chi connectivity index (χ2n) is 6.60. The summed E-state index contributed by atoms with van der Waals surface area (Å²) in [4.78, 5) is 4.30. The Kier molecular flexibility index (Phi) is 8.57. The summed E-state index contributed by atoms with van der Waals surface area (Å²) in [5, 5.41) is 14.2. The molecule has 0 aliphatic rings. The van der Waals surface area contributed by atoms with Crippen LogP contribution in [-0.2, 0) is 13.1 Å². The van der Waals surface area contributed by atoms with Gasteiger partial charge in [-0.05, 0) is 37.8 Å². The van der Waals surface area contributed by atoms with Gasteiger partial charge in [-0.2, -0.15) is 0 Å². The van der Waals surface area contributed by atoms with Gasteiger partial charge in [0.15, 0.2) is 11.5 Å². The molecule has 7 heteroatoms. The van der Waals surface area contributed by atoms with Crippen molar-refractivity contribution < 1.29 is 19.1 Å². The van der Waals surface area contributed by atoms with Crippen molar-refractivity contribution in [1.82, 2.24) is 15.0 Å². The van der Waals surface area contributed by atoms with Gasteiger partial charge in [-0.25, -0.2) is 0 Å². The number of aliphatic hydroxyl groups excluding tert-OH is 1. The number of hydrogen-bond acceptors (Lipinski definition) is 7. The summed E-state index contributed by atoms with van der Waals surface area (Å²) in [6, 6.07) is 7.72. The average Bonchev–Trinajstić information content (AvgIpc) is 3.17. The lowest BCUT2D eigenvalue weighted by atomic mass is 10.2. The monoisotopic (exact) mass is 377 g/mol. The van der Waals surface area contributed by atoms with E-state index in [1.807, 2.05) is 31.3 Å². The SMILES string of the molecule is CCN(CC)CC(O)COc1cc(CN(C)Cc2ccon2)ccc1OC. The third-order valence-corrected chi connectivity index (χ3v) is 4.40. The normalized spacial score (nSPS) is 12.6. The fourth-order valence-corrected chi connectivity index (χ4v) is 2.91. The van der Waals surface area contributed by atoms with Crippen LogP contribution in [0.4, 0.5) is 0 Å². The molecule has 150 valence electrons. The Morgan fingerprint density at radius 3 is 2.56 bits per heavy atom. The third kappa shape index (κ3) is 6.86. The van der Waals surface area contributed by atoms with Gasteiger partial charge in [0.1, 0.15) is 19.0 Å². The molecular formula is C20H31N3O4. The summed E-state index contributed by atoms with van der Waals surface area (Å²) >= 11 is 0. The highest BCUT2D eigenvalue weighted by atomic mass is 16.5. The van der Waals surface area contributed by atoms with Crippen molar-refractivity contribution in [2.75, 3.05) is 40.4 Å². The summed E-state index contributed by atoms with van der Waals surface area (Å²) in [7, 11) is 3.64. The van der Waals surface area contributed by atoms with E-state index in [1.54, 1.807) is 13.4 Å². The lowest BCUT2D eigenvalue weighted by Gasteiger charge is -2.22. The van der Waals surface area contributed by atoms with Gasteiger partial charge in [0.2, 0.25) is 0 Å². The number of hydrogen-bond donors (Lipinski definition) is 1. The van der Waals surface area contributed by atoms with Gasteiger partial charge >= 0.3 is 0 Å². The van der Waals surface area contributed by atoms with E-state index >= 15 is 0 Å². The first kappa shape index (κ1) is 21.2. The predicted octanol–water partition coefficient (Wildman–Crippen LogP) is 2.40. The summed E-state index contributed by atoms with van der Waals surface area (Å²) in [5.74, 6) is 1.30. The molecule has 1 aromatic heterocycles. The van der Waals surface area contributed by atoms with Crippen LogP contribution in [-0.4, -0.2) is 66.6 Å². The molecule has 0 fully saturated rings. The van der Waals surface area contributed by atoms with Gasteiger partial charge < -0.3 is 24.0 Å². The van der Waals surface area contributed by atoms with Crippen LogP contribution in [0, 0.1) is 0 Å². The van der Waals surface area contributed by atoms with Crippen molar-refractivity contribution in [2.24, 2.45) is 0 Å². The zero-order valence-corrected chi connectivity index (χ0v) is 16.7. The molecule has 1 heterocycles. The highest BCUT2D eigenvalue weighted by Gasteiger charge is 2.13. The van der Waals surface area contributed by atoms with Gasteiger partial charge in [-0.1, -0.05) is 25.1 Å². The molecular weight excluding hydrogens is 346 g/mol. The second-order valence-corrected chi connectivity index (χ2v) is 6.60. The quantitative estimate of drug-likeness (QED) is 0.609. The minimum atomic E-state index is -0.548. The number of aliphatic hydroxyl groups is 1. The highest BCUT2D eigenvalue weighted by Crippen LogP contribution is 2.28. The number of methoxy groups -OCH3 is 1. The smallest absolute Gasteiger partial charge is 0.161 e. The van der Waals surface area contributed by atoms with Gasteiger partial charge in [-0.3, -0.25) is 4.90 Å². The minimum Gasteiger partial charge on any atom is -0.493 e. The van der Waals surface area contributed by atoms with Crippen molar-refractivity contribution in [3.63, 3.8) is 0 Å². The van der Waals surface area contributed by atoms with Crippen molar-refractivity contribution in [3.05, 3.63) is 41.8 Å². The molecule has 0 saturated carbocycles. The molecule has 0 aliphatic heterocycles. The Morgan fingerprint density at radius 2 is 1.93 bits per heavy atom. The molecule has 1 unspecified atom stereocenters. The molecule has 27 heavy (non-hydrogen) atoms. The predicted molar refractivity (Wildman–Crippen MR) is 104 cm³/mol. The molecule has 2 aromatic rings. The van der Waals surface area contributed by atoms with E-state index in [4.69, 9.17) is 14.0 Å². The van der Waals surface area contributed by atoms with E-state index in [0.717, 1.165) is 30.9 Å². The standard InChI is InChI=1S/C20H31N3O4/c1-5-23(6-2)14-18(24)15-26-20-11-16(7-8-19(20)25-4)12-22(3)13-17-9-10-27-21-17/h7-11,18,24H,5-6,12-15H2,1-4H3. The molecule has 0 spiro atoms. The van der Waals surface area contributed by atoms with Crippen LogP contribution in [0.5, 0.6) is 11.5 Å². The van der Waals surface area contributed by atoms with Gasteiger partial charge in [0.25, 0.3) is 0 Å². The van der Waals surface area contributed by atoms with Crippen LogP contribution in [0.3, 0.4) is 0 Å². The Labute approximate surface area is 161 Å². The van der Waals surface area contributed by atoms with Gasteiger partial charge in [0.05, 0.1) is 12.8 Å². The van der Waals surface area contributed by atoms with E-state index in [9.17, 15) is 5.11 Å². The Balaban J connectivity index is 1.95. The first-order chi connectivity index (χ1) is 13.0. The topological polar surface area (TPSA) is 71.2 Å². The third-order valence-electron chi connectivity index (χ3n) is 4.40. The van der Waals surface area contributed by atoms with Crippen LogP contribution in [0.1, 0.15) is 25.1 Å². The zero-order chi connectivity index (χ0) is 19.6. The van der Waals surface area contributed by atoms with Crippen LogP contribution >= 0.6 is 0 Å². The summed E-state index contributed by atoms with van der Waals surface area (Å²) in [6.45, 7) is 8.23. The number of ether oxygens (including phenoxy) is 2. The van der Waals surface area contributed by atoms with Crippen LogP contribution in [0.15, 0.2) is 35.1 Å². The van der Waals surface area contributed by atoms with Crippen molar-refractivity contribution in [2.45, 2.75) is 33.0 Å². The molecule has 0 aliphatic carbocycles. The summed E-state index contributed by atoms with van der Waals surface area (Å²) in [5.41, 5.74) is 1.98. The number of nitrogens with zero attached hydrogens (tertiary/aromatic N) is 3. The molecule has 0 saturated heterocycles. The maximum atomic E-state index is 10.2. The number of aromatic nitrogens is 1. The molecule has 1 aromatic carbocycles. The molecule has 0 bridgehead atoms. The summed E-state index contributed by atoms with van der Waals surface area (Å²) in [6.07, 6.45) is 1.03. The first-order valence-electron chi connectivity index (χ1n) is 9.33. The largest absolute Gasteiger partial charge is 0.493 e. The van der Waals surface area contributed by atoms with Crippen molar-refractivity contribution >= 4 is 0 Å². The fourth-order valence-electron chi connectivity index (χ4n) is 2.91. The zero-order valence-electron chi connectivity index (χ0n) is 16.7. The maximum absolute atomic E-state index is 10.2. The molecule has 0 radical (unpaired) electrons. The molecule has 2 rings (SSSR count). The Morgan fingerprint density at radius 1 is 1.15 bits per heavy atom. The number of likely N-dealkylation sites (N-methyl/N-ethyl adjacent to an activating group) is 1. The lowest BCUT2D eigenvalue weighted by molar-refractivity contribution is 0.0705. The second kappa shape index (κ2) is 10.9. The Bertz CT molecular complexity index is 659. The van der Waals surface area contributed by atoms with Gasteiger partial charge in [-0.15, -0.1) is 0 Å². The maximum Gasteiger partial charge on any atom is 0.161 e.